The molecule has 3 rings (SSSR count). The van der Waals surface area contributed by atoms with E-state index in [1.165, 1.54) is 5.56 Å². The number of hydrogen-bond donors (Lipinski definition) is 1. The van der Waals surface area contributed by atoms with Crippen molar-refractivity contribution in [3.05, 3.63) is 82.2 Å². The van der Waals surface area contributed by atoms with E-state index in [9.17, 15) is 4.79 Å². The standard InChI is InChI=1S/C30H41N3O2/c1-5-16-33(17-6-2)28(34)26-18-25(19-27(20-26)30(32-4)14-10-11-15-30)22-35-23-29(3,31)21-24-12-8-7-9-13-24/h7-9,12-13,18-20H,5-6,10-11,14-17,21-23,31H2,1-3H3. The maximum Gasteiger partial charge on any atom is 0.257 e. The van der Waals surface area contributed by atoms with Crippen LogP contribution in [0.15, 0.2) is 48.5 Å². The molecule has 188 valence electrons. The third-order valence-corrected chi connectivity index (χ3v) is 6.85. The van der Waals surface area contributed by atoms with Gasteiger partial charge in [0.25, 0.3) is 11.4 Å². The number of amides is 1. The summed E-state index contributed by atoms with van der Waals surface area (Å²) in [4.78, 5) is 19.5. The molecule has 0 spiro atoms. The van der Waals surface area contributed by atoms with Gasteiger partial charge in [-0.3, -0.25) is 4.79 Å². The average Bonchev–Trinajstić information content (AvgIpc) is 3.34. The fourth-order valence-electron chi connectivity index (χ4n) is 5.14. The lowest BCUT2D eigenvalue weighted by Crippen LogP contribution is -2.43. The monoisotopic (exact) mass is 475 g/mol. The van der Waals surface area contributed by atoms with E-state index in [1.54, 1.807) is 0 Å². The third-order valence-electron chi connectivity index (χ3n) is 6.85. The molecular formula is C30H41N3O2. The summed E-state index contributed by atoms with van der Waals surface area (Å²) in [6, 6.07) is 16.2. The lowest BCUT2D eigenvalue weighted by atomic mass is 9.86. The van der Waals surface area contributed by atoms with Gasteiger partial charge in [0.1, 0.15) is 0 Å². The topological polar surface area (TPSA) is 59.9 Å². The first-order chi connectivity index (χ1) is 16.8. The van der Waals surface area contributed by atoms with E-state index in [4.69, 9.17) is 17.0 Å². The van der Waals surface area contributed by atoms with Gasteiger partial charge >= 0.3 is 0 Å². The minimum Gasteiger partial charge on any atom is -0.375 e. The second-order valence-electron chi connectivity index (χ2n) is 10.4. The largest absolute Gasteiger partial charge is 0.375 e. The van der Waals surface area contributed by atoms with E-state index >= 15 is 0 Å². The molecule has 35 heavy (non-hydrogen) atoms. The molecule has 1 amide bonds. The van der Waals surface area contributed by atoms with Crippen LogP contribution in [0.4, 0.5) is 0 Å². The molecule has 1 aliphatic carbocycles. The summed E-state index contributed by atoms with van der Waals surface area (Å²) in [5.74, 6) is 0.0441. The Balaban J connectivity index is 1.81. The van der Waals surface area contributed by atoms with Crippen LogP contribution in [0, 0.1) is 6.57 Å². The average molecular weight is 476 g/mol. The van der Waals surface area contributed by atoms with Crippen LogP contribution in [-0.2, 0) is 23.3 Å². The van der Waals surface area contributed by atoms with Gasteiger partial charge in [0.05, 0.1) is 13.2 Å². The fourth-order valence-corrected chi connectivity index (χ4v) is 5.14. The first-order valence-corrected chi connectivity index (χ1v) is 13.1. The Hall–Kier alpha value is -2.68. The first-order valence-electron chi connectivity index (χ1n) is 13.1. The number of rotatable bonds is 12. The van der Waals surface area contributed by atoms with Crippen LogP contribution in [0.1, 0.15) is 86.3 Å². The molecule has 0 heterocycles. The van der Waals surface area contributed by atoms with E-state index in [-0.39, 0.29) is 5.91 Å². The zero-order valence-electron chi connectivity index (χ0n) is 21.7. The Bertz CT molecular complexity index is 998. The maximum atomic E-state index is 13.5. The summed E-state index contributed by atoms with van der Waals surface area (Å²) in [6.45, 7) is 16.4. The molecule has 1 unspecified atom stereocenters. The number of ether oxygens (including phenoxy) is 1. The minimum absolute atomic E-state index is 0.0441. The SMILES string of the molecule is [C-]#[N+]C1(c2cc(COCC(C)(N)Cc3ccccc3)cc(C(=O)N(CCC)CCC)c2)CCCC1. The molecule has 5 nitrogen and oxygen atoms in total. The normalized spacial score (nSPS) is 16.4. The van der Waals surface area contributed by atoms with Gasteiger partial charge in [0.15, 0.2) is 0 Å². The predicted octanol–water partition coefficient (Wildman–Crippen LogP) is 6.11. The van der Waals surface area contributed by atoms with Gasteiger partial charge < -0.3 is 20.2 Å². The van der Waals surface area contributed by atoms with Gasteiger partial charge in [-0.15, -0.1) is 0 Å². The van der Waals surface area contributed by atoms with Crippen LogP contribution in [0.3, 0.4) is 0 Å². The van der Waals surface area contributed by atoms with E-state index < -0.39 is 11.1 Å². The third kappa shape index (κ3) is 7.16. The van der Waals surface area contributed by atoms with E-state index in [1.807, 2.05) is 42.2 Å². The number of benzene rings is 2. The molecule has 1 atom stereocenters. The van der Waals surface area contributed by atoms with Gasteiger partial charge in [0.2, 0.25) is 0 Å². The lowest BCUT2D eigenvalue weighted by Gasteiger charge is -2.25. The Labute approximate surface area is 211 Å². The molecule has 0 saturated heterocycles. The molecule has 5 heteroatoms. The maximum absolute atomic E-state index is 13.5. The highest BCUT2D eigenvalue weighted by molar-refractivity contribution is 5.94. The molecule has 1 aliphatic rings. The zero-order valence-corrected chi connectivity index (χ0v) is 21.7. The van der Waals surface area contributed by atoms with Crippen molar-refractivity contribution in [2.24, 2.45) is 5.73 Å². The number of carbonyl (C=O) groups is 1. The molecule has 0 radical (unpaired) electrons. The molecule has 2 N–H and O–H groups in total. The molecule has 0 aliphatic heterocycles. The minimum atomic E-state index is -0.527. The number of nitrogens with zero attached hydrogens (tertiary/aromatic N) is 2. The van der Waals surface area contributed by atoms with Crippen LogP contribution >= 0.6 is 0 Å². The second-order valence-corrected chi connectivity index (χ2v) is 10.4. The predicted molar refractivity (Wildman–Crippen MR) is 142 cm³/mol. The van der Waals surface area contributed by atoms with Gasteiger partial charge in [-0.2, -0.15) is 0 Å². The number of nitrogens with two attached hydrogens (primary N) is 1. The van der Waals surface area contributed by atoms with Gasteiger partial charge in [-0.25, -0.2) is 6.57 Å². The zero-order chi connectivity index (χ0) is 25.3. The van der Waals surface area contributed by atoms with E-state index in [0.29, 0.717) is 18.8 Å². The van der Waals surface area contributed by atoms with E-state index in [0.717, 1.165) is 69.2 Å². The van der Waals surface area contributed by atoms with Crippen molar-refractivity contribution in [2.75, 3.05) is 19.7 Å². The summed E-state index contributed by atoms with van der Waals surface area (Å²) in [5, 5.41) is 0. The molecule has 2 aromatic carbocycles. The van der Waals surface area contributed by atoms with Crippen molar-refractivity contribution in [1.29, 1.82) is 0 Å². The van der Waals surface area contributed by atoms with Crippen molar-refractivity contribution in [1.82, 2.24) is 4.90 Å². The van der Waals surface area contributed by atoms with E-state index in [2.05, 4.69) is 36.9 Å². The highest BCUT2D eigenvalue weighted by atomic mass is 16.5. The Morgan fingerprint density at radius 1 is 1.09 bits per heavy atom. The highest BCUT2D eigenvalue weighted by Crippen LogP contribution is 2.43. The van der Waals surface area contributed by atoms with Gasteiger partial charge in [-0.05, 0) is 68.4 Å². The summed E-state index contributed by atoms with van der Waals surface area (Å²) < 4.78 is 6.10. The molecular weight excluding hydrogens is 434 g/mol. The lowest BCUT2D eigenvalue weighted by molar-refractivity contribution is 0.0748. The van der Waals surface area contributed by atoms with Gasteiger partial charge in [0, 0.05) is 42.6 Å². The van der Waals surface area contributed by atoms with Crippen molar-refractivity contribution < 1.29 is 9.53 Å². The summed E-state index contributed by atoms with van der Waals surface area (Å²) in [6.07, 6.45) is 6.36. The van der Waals surface area contributed by atoms with Crippen LogP contribution < -0.4 is 5.73 Å². The van der Waals surface area contributed by atoms with Crippen LogP contribution in [0.25, 0.3) is 4.85 Å². The van der Waals surface area contributed by atoms with Crippen molar-refractivity contribution >= 4 is 5.91 Å². The summed E-state index contributed by atoms with van der Waals surface area (Å²) >= 11 is 0. The Morgan fingerprint density at radius 3 is 2.34 bits per heavy atom. The molecule has 0 bridgehead atoms. The van der Waals surface area contributed by atoms with Crippen molar-refractivity contribution in [2.45, 2.75) is 83.4 Å². The highest BCUT2D eigenvalue weighted by Gasteiger charge is 2.42. The van der Waals surface area contributed by atoms with Crippen LogP contribution in [0.2, 0.25) is 0 Å². The Kier molecular flexibility index (Phi) is 9.48. The fraction of sp³-hybridized carbons (Fsp3) is 0.533. The summed E-state index contributed by atoms with van der Waals surface area (Å²) in [5.41, 5.74) is 9.26. The smallest absolute Gasteiger partial charge is 0.257 e. The molecule has 1 fully saturated rings. The number of carbonyl (C=O) groups excluding carboxylic acids is 1. The molecule has 1 saturated carbocycles. The van der Waals surface area contributed by atoms with Crippen LogP contribution in [0.5, 0.6) is 0 Å². The molecule has 0 aromatic heterocycles. The van der Waals surface area contributed by atoms with Crippen LogP contribution in [-0.4, -0.2) is 36.0 Å². The van der Waals surface area contributed by atoms with Crippen molar-refractivity contribution in [3.8, 4) is 0 Å². The second kappa shape index (κ2) is 12.3. The molecule has 2 aromatic rings. The van der Waals surface area contributed by atoms with Gasteiger partial charge in [-0.1, -0.05) is 44.2 Å². The number of hydrogen-bond acceptors (Lipinski definition) is 3. The summed E-state index contributed by atoms with van der Waals surface area (Å²) in [7, 11) is 0. The Morgan fingerprint density at radius 2 is 1.74 bits per heavy atom. The van der Waals surface area contributed by atoms with Crippen molar-refractivity contribution in [3.63, 3.8) is 0 Å². The quantitative estimate of drug-likeness (QED) is 0.377. The first kappa shape index (κ1) is 26.9.